The molecule has 3 aromatic rings. The van der Waals surface area contributed by atoms with Gasteiger partial charge in [-0.2, -0.15) is 0 Å². The average Bonchev–Trinajstić information content (AvgIpc) is 3.11. The Hall–Kier alpha value is -2.24. The maximum atomic E-state index is 5.97. The second-order valence-corrected chi connectivity index (χ2v) is 7.29. The molecule has 0 aliphatic rings. The lowest BCUT2D eigenvalue weighted by atomic mass is 10.1. The van der Waals surface area contributed by atoms with Crippen LogP contribution in [0.3, 0.4) is 0 Å². The third kappa shape index (κ3) is 5.43. The molecule has 0 aliphatic carbocycles. The summed E-state index contributed by atoms with van der Waals surface area (Å²) in [4.78, 5) is 8.25. The Morgan fingerprint density at radius 2 is 1.07 bits per heavy atom. The number of fused-ring (bicyclic) bond motifs is 3. The van der Waals surface area contributed by atoms with Crippen molar-refractivity contribution in [2.45, 2.75) is 27.7 Å². The fourth-order valence-electron chi connectivity index (χ4n) is 3.71. The molecule has 5 nitrogen and oxygen atoms in total. The Morgan fingerprint density at radius 3 is 1.45 bits per heavy atom. The van der Waals surface area contributed by atoms with Crippen LogP contribution in [0.1, 0.15) is 27.7 Å². The van der Waals surface area contributed by atoms with Crippen LogP contribution in [0.5, 0.6) is 11.5 Å². The van der Waals surface area contributed by atoms with Crippen molar-refractivity contribution in [3.8, 4) is 11.5 Å². The van der Waals surface area contributed by atoms with E-state index < -0.39 is 0 Å². The lowest BCUT2D eigenvalue weighted by molar-refractivity contribution is 0.223. The van der Waals surface area contributed by atoms with Crippen molar-refractivity contribution in [1.82, 2.24) is 14.8 Å². The van der Waals surface area contributed by atoms with Crippen LogP contribution in [0.4, 0.5) is 0 Å². The molecule has 0 aliphatic heterocycles. The van der Waals surface area contributed by atoms with Crippen molar-refractivity contribution in [2.24, 2.45) is 0 Å². The molecule has 0 fully saturated rings. The molecular weight excluding hydrogens is 362 g/mol. The van der Waals surface area contributed by atoms with Gasteiger partial charge in [0.15, 0.2) is 0 Å². The maximum absolute atomic E-state index is 5.97. The molecule has 1 aromatic heterocycles. The molecule has 5 heteroatoms. The monoisotopic (exact) mass is 397 g/mol. The maximum Gasteiger partial charge on any atom is 0.121 e. The number of ether oxygens (including phenoxy) is 2. The zero-order chi connectivity index (χ0) is 20.6. The second kappa shape index (κ2) is 10.5. The van der Waals surface area contributed by atoms with E-state index in [1.54, 1.807) is 0 Å². The van der Waals surface area contributed by atoms with Crippen LogP contribution in [0.2, 0.25) is 0 Å². The summed E-state index contributed by atoms with van der Waals surface area (Å²) in [5, 5.41) is 2.43. The number of aromatic amines is 1. The molecular formula is C24H35N3O2. The van der Waals surface area contributed by atoms with E-state index >= 15 is 0 Å². The van der Waals surface area contributed by atoms with Crippen LogP contribution in [0.25, 0.3) is 21.8 Å². The number of hydrogen-bond acceptors (Lipinski definition) is 4. The SMILES string of the molecule is CCN(CC)CCOc1ccc2c(c1)[nH]c1cc(OCCN(CC)CC)ccc12. The van der Waals surface area contributed by atoms with Crippen LogP contribution in [-0.4, -0.2) is 67.3 Å². The fraction of sp³-hybridized carbons (Fsp3) is 0.500. The number of nitrogens with one attached hydrogen (secondary N) is 1. The minimum absolute atomic E-state index is 0.706. The fourth-order valence-corrected chi connectivity index (χ4v) is 3.71. The highest BCUT2D eigenvalue weighted by molar-refractivity contribution is 6.07. The molecule has 0 saturated heterocycles. The van der Waals surface area contributed by atoms with Crippen LogP contribution in [-0.2, 0) is 0 Å². The van der Waals surface area contributed by atoms with Crippen LogP contribution >= 0.6 is 0 Å². The lowest BCUT2D eigenvalue weighted by Crippen LogP contribution is -2.27. The Bertz CT molecular complexity index is 825. The van der Waals surface area contributed by atoms with Crippen molar-refractivity contribution in [3.05, 3.63) is 36.4 Å². The van der Waals surface area contributed by atoms with Crippen molar-refractivity contribution < 1.29 is 9.47 Å². The Kier molecular flexibility index (Phi) is 7.78. The lowest BCUT2D eigenvalue weighted by Gasteiger charge is -2.18. The second-order valence-electron chi connectivity index (χ2n) is 7.29. The van der Waals surface area contributed by atoms with Gasteiger partial charge in [0.05, 0.1) is 11.0 Å². The number of hydrogen-bond donors (Lipinski definition) is 1. The third-order valence-electron chi connectivity index (χ3n) is 5.68. The van der Waals surface area contributed by atoms with Crippen molar-refractivity contribution in [2.75, 3.05) is 52.5 Å². The van der Waals surface area contributed by atoms with Gasteiger partial charge in [-0.25, -0.2) is 0 Å². The van der Waals surface area contributed by atoms with Crippen LogP contribution in [0, 0.1) is 0 Å². The average molecular weight is 398 g/mol. The summed E-state index contributed by atoms with van der Waals surface area (Å²) in [6.45, 7) is 16.3. The minimum atomic E-state index is 0.706. The molecule has 0 radical (unpaired) electrons. The van der Waals surface area contributed by atoms with Gasteiger partial charge < -0.3 is 24.3 Å². The summed E-state index contributed by atoms with van der Waals surface area (Å²) in [6, 6.07) is 12.6. The van der Waals surface area contributed by atoms with Gasteiger partial charge >= 0.3 is 0 Å². The van der Waals surface area contributed by atoms with E-state index in [0.29, 0.717) is 13.2 Å². The zero-order valence-electron chi connectivity index (χ0n) is 18.3. The number of H-pyrrole nitrogens is 1. The molecule has 29 heavy (non-hydrogen) atoms. The van der Waals surface area contributed by atoms with Gasteiger partial charge in [-0.15, -0.1) is 0 Å². The molecule has 0 bridgehead atoms. The first-order valence-electron chi connectivity index (χ1n) is 10.9. The Morgan fingerprint density at radius 1 is 0.655 bits per heavy atom. The third-order valence-corrected chi connectivity index (χ3v) is 5.68. The van der Waals surface area contributed by atoms with Gasteiger partial charge in [-0.1, -0.05) is 27.7 Å². The summed E-state index contributed by atoms with van der Waals surface area (Å²) in [7, 11) is 0. The van der Waals surface area contributed by atoms with E-state index in [1.165, 1.54) is 10.8 Å². The molecule has 0 spiro atoms. The van der Waals surface area contributed by atoms with Crippen molar-refractivity contribution in [3.63, 3.8) is 0 Å². The first-order chi connectivity index (χ1) is 14.2. The number of benzene rings is 2. The quantitative estimate of drug-likeness (QED) is 0.478. The van der Waals surface area contributed by atoms with E-state index in [2.05, 4.69) is 78.9 Å². The molecule has 3 rings (SSSR count). The number of rotatable bonds is 12. The predicted octanol–water partition coefficient (Wildman–Crippen LogP) is 4.76. The van der Waals surface area contributed by atoms with E-state index in [4.69, 9.17) is 9.47 Å². The highest BCUT2D eigenvalue weighted by Crippen LogP contribution is 2.30. The van der Waals surface area contributed by atoms with E-state index in [-0.39, 0.29) is 0 Å². The standard InChI is InChI=1S/C24H35N3O2/c1-5-26(6-2)13-15-28-19-9-11-21-22-12-10-20(18-24(22)25-23(21)17-19)29-16-14-27(7-3)8-4/h9-12,17-18,25H,5-8,13-16H2,1-4H3. The molecule has 158 valence electrons. The van der Waals surface area contributed by atoms with Crippen LogP contribution < -0.4 is 9.47 Å². The molecule has 0 saturated carbocycles. The molecule has 0 amide bonds. The summed E-state index contributed by atoms with van der Waals surface area (Å²) < 4.78 is 11.9. The highest BCUT2D eigenvalue weighted by Gasteiger charge is 2.08. The predicted molar refractivity (Wildman–Crippen MR) is 122 cm³/mol. The van der Waals surface area contributed by atoms with Gasteiger partial charge in [-0.05, 0) is 50.4 Å². The summed E-state index contributed by atoms with van der Waals surface area (Å²) in [5.41, 5.74) is 2.20. The molecule has 0 unspecified atom stereocenters. The first-order valence-corrected chi connectivity index (χ1v) is 10.9. The van der Waals surface area contributed by atoms with Crippen LogP contribution in [0.15, 0.2) is 36.4 Å². The van der Waals surface area contributed by atoms with Crippen molar-refractivity contribution >= 4 is 21.8 Å². The van der Waals surface area contributed by atoms with Crippen molar-refractivity contribution in [1.29, 1.82) is 0 Å². The van der Waals surface area contributed by atoms with Gasteiger partial charge in [0.2, 0.25) is 0 Å². The largest absolute Gasteiger partial charge is 0.492 e. The number of aromatic nitrogens is 1. The number of nitrogens with zero attached hydrogens (tertiary/aromatic N) is 2. The van der Waals surface area contributed by atoms with Gasteiger partial charge in [0.25, 0.3) is 0 Å². The minimum Gasteiger partial charge on any atom is -0.492 e. The summed E-state index contributed by atoms with van der Waals surface area (Å²) in [5.74, 6) is 1.82. The van der Waals surface area contributed by atoms with E-state index in [9.17, 15) is 0 Å². The zero-order valence-corrected chi connectivity index (χ0v) is 18.3. The van der Waals surface area contributed by atoms with Gasteiger partial charge in [0.1, 0.15) is 24.7 Å². The topological polar surface area (TPSA) is 40.7 Å². The summed E-state index contributed by atoms with van der Waals surface area (Å²) >= 11 is 0. The Labute approximate surface area is 174 Å². The molecule has 1 N–H and O–H groups in total. The van der Waals surface area contributed by atoms with Gasteiger partial charge in [0, 0.05) is 36.0 Å². The molecule has 1 heterocycles. The smallest absolute Gasteiger partial charge is 0.121 e. The molecule has 0 atom stereocenters. The van der Waals surface area contributed by atoms with Gasteiger partial charge in [-0.3, -0.25) is 0 Å². The first kappa shape index (κ1) is 21.5. The molecule has 2 aromatic carbocycles. The normalized spacial score (nSPS) is 11.8. The van der Waals surface area contributed by atoms with E-state index in [0.717, 1.165) is 61.8 Å². The van der Waals surface area contributed by atoms with E-state index in [1.807, 2.05) is 0 Å². The Balaban J connectivity index is 1.67. The summed E-state index contributed by atoms with van der Waals surface area (Å²) in [6.07, 6.45) is 0. The highest BCUT2D eigenvalue weighted by atomic mass is 16.5. The number of likely N-dealkylation sites (N-methyl/N-ethyl adjacent to an activating group) is 2.